The molecule has 3 N–H and O–H groups in total. The van der Waals surface area contributed by atoms with Crippen LogP contribution in [0.3, 0.4) is 0 Å². The van der Waals surface area contributed by atoms with Crippen molar-refractivity contribution < 1.29 is 19.5 Å². The molecule has 1 atom stereocenters. The number of carbonyl (C=O) groups excluding carboxylic acids is 2. The van der Waals surface area contributed by atoms with Gasteiger partial charge in [-0.1, -0.05) is 0 Å². The van der Waals surface area contributed by atoms with Crippen LogP contribution in [0, 0.1) is 0 Å². The van der Waals surface area contributed by atoms with E-state index in [1.807, 2.05) is 0 Å². The number of imide groups is 1. The molecule has 0 unspecified atom stereocenters. The Hall–Kier alpha value is -1.43. The van der Waals surface area contributed by atoms with E-state index in [1.54, 1.807) is 0 Å². The summed E-state index contributed by atoms with van der Waals surface area (Å²) in [5, 5.41) is 8.96. The molecule has 0 spiro atoms. The summed E-state index contributed by atoms with van der Waals surface area (Å²) in [4.78, 5) is 34.1. The molecular formula is C10H18N2O4. The third kappa shape index (κ3) is 4.39. The molecule has 0 saturated heterocycles. The zero-order chi connectivity index (χ0) is 12.7. The van der Waals surface area contributed by atoms with Gasteiger partial charge in [-0.3, -0.25) is 14.5 Å². The van der Waals surface area contributed by atoms with Gasteiger partial charge in [0.15, 0.2) is 0 Å². The summed E-state index contributed by atoms with van der Waals surface area (Å²) in [5.41, 5.74) is 5.29. The molecule has 6 heteroatoms. The Labute approximate surface area is 94.4 Å². The molecule has 0 aliphatic rings. The maximum absolute atomic E-state index is 11.2. The lowest BCUT2D eigenvalue weighted by Gasteiger charge is -2.24. The zero-order valence-electron chi connectivity index (χ0n) is 9.60. The molecule has 6 nitrogen and oxygen atoms in total. The summed E-state index contributed by atoms with van der Waals surface area (Å²) in [5.74, 6) is -2.26. The van der Waals surface area contributed by atoms with Crippen LogP contribution in [0.1, 0.15) is 33.1 Å². The van der Waals surface area contributed by atoms with E-state index in [4.69, 9.17) is 10.8 Å². The van der Waals surface area contributed by atoms with Crippen LogP contribution < -0.4 is 5.73 Å². The first-order chi connectivity index (χ1) is 7.41. The number of carboxylic acid groups (broad SMARTS) is 1. The Morgan fingerprint density at radius 1 is 1.19 bits per heavy atom. The fraction of sp³-hybridized carbons (Fsp3) is 0.700. The van der Waals surface area contributed by atoms with Crippen molar-refractivity contribution in [2.24, 2.45) is 5.73 Å². The molecule has 16 heavy (non-hydrogen) atoms. The van der Waals surface area contributed by atoms with Crippen LogP contribution in [0.25, 0.3) is 0 Å². The van der Waals surface area contributed by atoms with Gasteiger partial charge in [0.25, 0.3) is 0 Å². The van der Waals surface area contributed by atoms with E-state index >= 15 is 0 Å². The summed E-state index contributed by atoms with van der Waals surface area (Å²) >= 11 is 0. The van der Waals surface area contributed by atoms with Crippen LogP contribution in [-0.2, 0) is 14.4 Å². The minimum Gasteiger partial charge on any atom is -0.480 e. The highest BCUT2D eigenvalue weighted by atomic mass is 16.4. The topological polar surface area (TPSA) is 101 Å². The predicted molar refractivity (Wildman–Crippen MR) is 57.5 cm³/mol. The van der Waals surface area contributed by atoms with Crippen LogP contribution in [0.15, 0.2) is 0 Å². The Bertz CT molecular complexity index is 264. The number of amides is 2. The molecule has 0 rings (SSSR count). The molecular weight excluding hydrogens is 212 g/mol. The Kier molecular flexibility index (Phi) is 6.32. The first-order valence-corrected chi connectivity index (χ1v) is 5.15. The van der Waals surface area contributed by atoms with Gasteiger partial charge >= 0.3 is 5.97 Å². The van der Waals surface area contributed by atoms with Gasteiger partial charge in [-0.25, -0.2) is 4.79 Å². The number of carboxylic acids is 1. The maximum atomic E-state index is 11.2. The lowest BCUT2D eigenvalue weighted by molar-refractivity contribution is -0.156. The fourth-order valence-corrected chi connectivity index (χ4v) is 1.51. The van der Waals surface area contributed by atoms with Crippen molar-refractivity contribution in [3.05, 3.63) is 0 Å². The van der Waals surface area contributed by atoms with Gasteiger partial charge in [0, 0.05) is 13.8 Å². The summed E-state index contributed by atoms with van der Waals surface area (Å²) in [6.07, 6.45) is 1.49. The molecule has 0 radical (unpaired) electrons. The van der Waals surface area contributed by atoms with Crippen LogP contribution in [-0.4, -0.2) is 40.4 Å². The van der Waals surface area contributed by atoms with Crippen molar-refractivity contribution in [3.63, 3.8) is 0 Å². The second kappa shape index (κ2) is 6.95. The quantitative estimate of drug-likeness (QED) is 0.624. The molecule has 0 saturated carbocycles. The van der Waals surface area contributed by atoms with Crippen molar-refractivity contribution in [1.82, 2.24) is 4.90 Å². The van der Waals surface area contributed by atoms with Gasteiger partial charge in [0.2, 0.25) is 11.8 Å². The average Bonchev–Trinajstić information content (AvgIpc) is 2.14. The maximum Gasteiger partial charge on any atom is 0.326 e. The fourth-order valence-electron chi connectivity index (χ4n) is 1.51. The van der Waals surface area contributed by atoms with E-state index in [1.165, 1.54) is 13.8 Å². The Morgan fingerprint density at radius 3 is 2.00 bits per heavy atom. The van der Waals surface area contributed by atoms with Gasteiger partial charge in [0.05, 0.1) is 0 Å². The molecule has 0 bridgehead atoms. The summed E-state index contributed by atoms with van der Waals surface area (Å²) < 4.78 is 0. The highest BCUT2D eigenvalue weighted by Crippen LogP contribution is 2.10. The number of carbonyl (C=O) groups is 3. The van der Waals surface area contributed by atoms with Gasteiger partial charge in [-0.2, -0.15) is 0 Å². The number of rotatable bonds is 6. The predicted octanol–water partition coefficient (Wildman–Crippen LogP) is -0.0364. The number of aliphatic carboxylic acids is 1. The van der Waals surface area contributed by atoms with E-state index in [9.17, 15) is 14.4 Å². The zero-order valence-corrected chi connectivity index (χ0v) is 9.60. The van der Waals surface area contributed by atoms with Gasteiger partial charge in [-0.15, -0.1) is 0 Å². The largest absolute Gasteiger partial charge is 0.480 e. The second-order valence-electron chi connectivity index (χ2n) is 3.55. The third-order valence-corrected chi connectivity index (χ3v) is 2.21. The van der Waals surface area contributed by atoms with Crippen molar-refractivity contribution in [2.45, 2.75) is 39.2 Å². The highest BCUT2D eigenvalue weighted by molar-refractivity contribution is 5.97. The number of nitrogens with zero attached hydrogens (tertiary/aromatic N) is 1. The van der Waals surface area contributed by atoms with E-state index in [2.05, 4.69) is 0 Å². The van der Waals surface area contributed by atoms with Gasteiger partial charge in [-0.05, 0) is 25.8 Å². The first-order valence-electron chi connectivity index (χ1n) is 5.15. The van der Waals surface area contributed by atoms with Crippen molar-refractivity contribution in [2.75, 3.05) is 6.54 Å². The number of unbranched alkanes of at least 4 members (excludes halogenated alkanes) is 1. The standard InChI is InChI=1S/C10H18N2O4/c1-7(13)12(8(2)14)9(10(15)16)5-3-4-6-11/h9H,3-6,11H2,1-2H3,(H,15,16)/t9-/m0/s1. The lowest BCUT2D eigenvalue weighted by atomic mass is 10.1. The molecule has 0 aromatic rings. The van der Waals surface area contributed by atoms with Crippen LogP contribution in [0.2, 0.25) is 0 Å². The second-order valence-corrected chi connectivity index (χ2v) is 3.55. The minimum atomic E-state index is -1.16. The lowest BCUT2D eigenvalue weighted by Crippen LogP contribution is -2.46. The molecule has 0 aliphatic heterocycles. The molecule has 0 heterocycles. The van der Waals surface area contributed by atoms with E-state index < -0.39 is 23.8 Å². The summed E-state index contributed by atoms with van der Waals surface area (Å²) in [6, 6.07) is -1.08. The Balaban J connectivity index is 4.66. The van der Waals surface area contributed by atoms with Crippen LogP contribution >= 0.6 is 0 Å². The summed E-state index contributed by atoms with van der Waals surface area (Å²) in [7, 11) is 0. The monoisotopic (exact) mass is 230 g/mol. The first kappa shape index (κ1) is 14.6. The smallest absolute Gasteiger partial charge is 0.326 e. The number of hydrogen-bond acceptors (Lipinski definition) is 4. The summed E-state index contributed by atoms with van der Waals surface area (Å²) in [6.45, 7) is 2.83. The molecule has 0 fully saturated rings. The molecule has 0 aromatic heterocycles. The van der Waals surface area contributed by atoms with E-state index in [0.717, 1.165) is 4.90 Å². The van der Waals surface area contributed by atoms with Gasteiger partial charge in [0.1, 0.15) is 6.04 Å². The molecule has 92 valence electrons. The highest BCUT2D eigenvalue weighted by Gasteiger charge is 2.30. The minimum absolute atomic E-state index is 0.242. The van der Waals surface area contributed by atoms with E-state index in [0.29, 0.717) is 19.4 Å². The van der Waals surface area contributed by atoms with Gasteiger partial charge < -0.3 is 10.8 Å². The number of nitrogens with two attached hydrogens (primary N) is 1. The van der Waals surface area contributed by atoms with Crippen molar-refractivity contribution in [3.8, 4) is 0 Å². The van der Waals surface area contributed by atoms with Crippen LogP contribution in [0.4, 0.5) is 0 Å². The number of hydrogen-bond donors (Lipinski definition) is 2. The average molecular weight is 230 g/mol. The van der Waals surface area contributed by atoms with Crippen molar-refractivity contribution in [1.29, 1.82) is 0 Å². The normalized spacial score (nSPS) is 11.9. The van der Waals surface area contributed by atoms with Crippen LogP contribution in [0.5, 0.6) is 0 Å². The third-order valence-electron chi connectivity index (χ3n) is 2.21. The molecule has 0 aliphatic carbocycles. The molecule has 0 aromatic carbocycles. The Morgan fingerprint density at radius 2 is 1.69 bits per heavy atom. The van der Waals surface area contributed by atoms with E-state index in [-0.39, 0.29) is 6.42 Å². The molecule has 2 amide bonds. The van der Waals surface area contributed by atoms with Crippen molar-refractivity contribution >= 4 is 17.8 Å². The SMILES string of the molecule is CC(=O)N(C(C)=O)[C@@H](CCCCN)C(=O)O.